The summed E-state index contributed by atoms with van der Waals surface area (Å²) in [7, 11) is -1.01. The summed E-state index contributed by atoms with van der Waals surface area (Å²) in [5.41, 5.74) is 0.686. The molecule has 3 aromatic carbocycles. The molecular weight excluding hydrogens is 604 g/mol. The minimum absolute atomic E-state index is 0.0153. The number of benzene rings is 3. The van der Waals surface area contributed by atoms with Gasteiger partial charge in [-0.25, -0.2) is 13.2 Å². The lowest BCUT2D eigenvalue weighted by Gasteiger charge is -2.38. The Balaban J connectivity index is 1.44. The van der Waals surface area contributed by atoms with E-state index in [0.717, 1.165) is 0 Å². The first-order chi connectivity index (χ1) is 21.5. The minimum Gasteiger partial charge on any atom is -0.497 e. The van der Waals surface area contributed by atoms with Gasteiger partial charge in [0.2, 0.25) is 6.79 Å². The first-order valence-electron chi connectivity index (χ1n) is 14.3. The maximum atomic E-state index is 13.8. The van der Waals surface area contributed by atoms with E-state index in [4.69, 9.17) is 18.9 Å². The average molecular weight is 641 g/mol. The van der Waals surface area contributed by atoms with Crippen molar-refractivity contribution in [2.75, 3.05) is 50.7 Å². The highest BCUT2D eigenvalue weighted by Gasteiger charge is 2.35. The molecular formula is C31H36N4O9S. The third-order valence-corrected chi connectivity index (χ3v) is 9.11. The molecule has 3 atom stereocenters. The summed E-state index contributed by atoms with van der Waals surface area (Å²) < 4.78 is 51.6. The highest BCUT2D eigenvalue weighted by Crippen LogP contribution is 2.37. The van der Waals surface area contributed by atoms with Crippen LogP contribution in [0.1, 0.15) is 24.2 Å². The van der Waals surface area contributed by atoms with Gasteiger partial charge >= 0.3 is 6.03 Å². The maximum absolute atomic E-state index is 13.8. The molecule has 0 radical (unpaired) electrons. The number of carbonyl (C=O) groups is 2. The molecule has 0 unspecified atom stereocenters. The number of urea groups is 1. The lowest BCUT2D eigenvalue weighted by atomic mass is 9.99. The smallest absolute Gasteiger partial charge is 0.321 e. The van der Waals surface area contributed by atoms with Crippen molar-refractivity contribution in [1.29, 1.82) is 0 Å². The summed E-state index contributed by atoms with van der Waals surface area (Å²) in [6.07, 6.45) is -0.676. The van der Waals surface area contributed by atoms with Gasteiger partial charge in [0.25, 0.3) is 15.9 Å². The standard InChI is InChI=1S/C31H36N4O9S/c1-19-15-35(20(2)17-36)30(37)24-6-5-7-25(33-45(39,40)23-11-9-22(41-4)10-12-23)29(24)44-28(19)16-34(3)31(38)32-21-8-13-26-27(14-21)43-18-42-26/h5-14,19-20,28,33,36H,15-18H2,1-4H3,(H,32,38)/t19-,20-,28-/m0/s1. The molecule has 2 heterocycles. The Morgan fingerprint density at radius 3 is 2.58 bits per heavy atom. The zero-order chi connectivity index (χ0) is 32.3. The number of para-hydroxylation sites is 1. The molecule has 0 aliphatic carbocycles. The second kappa shape index (κ2) is 13.1. The molecule has 13 nitrogen and oxygen atoms in total. The van der Waals surface area contributed by atoms with Crippen molar-refractivity contribution in [2.24, 2.45) is 5.92 Å². The summed E-state index contributed by atoms with van der Waals surface area (Å²) in [6.45, 7) is 3.74. The molecule has 3 aromatic rings. The second-order valence-electron chi connectivity index (χ2n) is 11.0. The minimum atomic E-state index is -4.10. The zero-order valence-electron chi connectivity index (χ0n) is 25.3. The van der Waals surface area contributed by atoms with E-state index in [2.05, 4.69) is 10.0 Å². The predicted molar refractivity (Wildman–Crippen MR) is 166 cm³/mol. The number of fused-ring (bicyclic) bond motifs is 2. The van der Waals surface area contributed by atoms with E-state index in [-0.39, 0.29) is 54.3 Å². The summed E-state index contributed by atoms with van der Waals surface area (Å²) in [5, 5.41) is 12.8. The van der Waals surface area contributed by atoms with Gasteiger partial charge < -0.3 is 39.2 Å². The topological polar surface area (TPSA) is 156 Å². The number of anilines is 2. The number of hydrogen-bond acceptors (Lipinski definition) is 9. The van der Waals surface area contributed by atoms with Crippen LogP contribution in [0.5, 0.6) is 23.0 Å². The SMILES string of the molecule is COc1ccc(S(=O)(=O)Nc2cccc3c2O[C@@H](CN(C)C(=O)Nc2ccc4c(c2)OCO4)[C@@H](C)CN([C@@H](C)CO)C3=O)cc1. The van der Waals surface area contributed by atoms with Crippen LogP contribution in [0, 0.1) is 5.92 Å². The molecule has 0 spiro atoms. The number of sulfonamides is 1. The summed E-state index contributed by atoms with van der Waals surface area (Å²) in [5.74, 6) is 0.882. The number of nitrogens with zero attached hydrogens (tertiary/aromatic N) is 2. The Hall–Kier alpha value is -4.69. The Bertz CT molecular complexity index is 1670. The van der Waals surface area contributed by atoms with Gasteiger partial charge in [-0.05, 0) is 55.5 Å². The molecule has 0 bridgehead atoms. The number of methoxy groups -OCH3 is 1. The molecule has 0 saturated carbocycles. The third kappa shape index (κ3) is 6.86. The maximum Gasteiger partial charge on any atom is 0.321 e. The van der Waals surface area contributed by atoms with E-state index in [1.54, 1.807) is 44.3 Å². The Morgan fingerprint density at radius 1 is 1.13 bits per heavy atom. The number of likely N-dealkylation sites (N-methyl/N-ethyl adjacent to an activating group) is 1. The number of rotatable bonds is 9. The van der Waals surface area contributed by atoms with Crippen LogP contribution in [-0.4, -0.2) is 88.1 Å². The number of carbonyl (C=O) groups excluding carboxylic acids is 2. The van der Waals surface area contributed by atoms with E-state index in [0.29, 0.717) is 22.9 Å². The van der Waals surface area contributed by atoms with Gasteiger partial charge in [-0.3, -0.25) is 9.52 Å². The first kappa shape index (κ1) is 31.7. The molecule has 0 aromatic heterocycles. The molecule has 240 valence electrons. The molecule has 5 rings (SSSR count). The van der Waals surface area contributed by atoms with E-state index < -0.39 is 34.1 Å². The van der Waals surface area contributed by atoms with Crippen LogP contribution in [0.15, 0.2) is 65.6 Å². The fourth-order valence-corrected chi connectivity index (χ4v) is 6.11. The number of amides is 3. The first-order valence-corrected chi connectivity index (χ1v) is 15.8. The van der Waals surface area contributed by atoms with Gasteiger partial charge in [-0.1, -0.05) is 13.0 Å². The fourth-order valence-electron chi connectivity index (χ4n) is 5.05. The summed E-state index contributed by atoms with van der Waals surface area (Å²) in [4.78, 5) is 29.9. The number of hydrogen-bond donors (Lipinski definition) is 3. The number of aliphatic hydroxyl groups excluding tert-OH is 1. The number of nitrogens with one attached hydrogen (secondary N) is 2. The quantitative estimate of drug-likeness (QED) is 0.318. The van der Waals surface area contributed by atoms with Gasteiger partial charge in [-0.2, -0.15) is 0 Å². The monoisotopic (exact) mass is 640 g/mol. The summed E-state index contributed by atoms with van der Waals surface area (Å²) in [6, 6.07) is 14.6. The van der Waals surface area contributed by atoms with Crippen LogP contribution in [0.2, 0.25) is 0 Å². The zero-order valence-corrected chi connectivity index (χ0v) is 26.2. The number of aliphatic hydroxyl groups is 1. The molecule has 3 N–H and O–H groups in total. The number of ether oxygens (including phenoxy) is 4. The molecule has 0 saturated heterocycles. The van der Waals surface area contributed by atoms with Gasteiger partial charge in [0.05, 0.1) is 42.4 Å². The fraction of sp³-hybridized carbons (Fsp3) is 0.355. The average Bonchev–Trinajstić information content (AvgIpc) is 3.50. The molecule has 2 aliphatic rings. The molecule has 2 aliphatic heterocycles. The Morgan fingerprint density at radius 2 is 1.87 bits per heavy atom. The van der Waals surface area contributed by atoms with Crippen LogP contribution >= 0.6 is 0 Å². The van der Waals surface area contributed by atoms with Gasteiger partial charge in [-0.15, -0.1) is 0 Å². The predicted octanol–water partition coefficient (Wildman–Crippen LogP) is 3.61. The Kier molecular flexibility index (Phi) is 9.25. The van der Waals surface area contributed by atoms with Crippen molar-refractivity contribution >= 4 is 33.3 Å². The lowest BCUT2D eigenvalue weighted by Crippen LogP contribution is -2.50. The second-order valence-corrected chi connectivity index (χ2v) is 12.6. The molecule has 0 fully saturated rings. The van der Waals surface area contributed by atoms with Crippen molar-refractivity contribution in [3.8, 4) is 23.0 Å². The summed E-state index contributed by atoms with van der Waals surface area (Å²) >= 11 is 0. The van der Waals surface area contributed by atoms with Crippen molar-refractivity contribution in [1.82, 2.24) is 9.80 Å². The van der Waals surface area contributed by atoms with Crippen molar-refractivity contribution in [3.63, 3.8) is 0 Å². The highest BCUT2D eigenvalue weighted by atomic mass is 32.2. The lowest BCUT2D eigenvalue weighted by molar-refractivity contribution is 0.0373. The van der Waals surface area contributed by atoms with Gasteiger partial charge in [0.1, 0.15) is 11.9 Å². The van der Waals surface area contributed by atoms with Crippen LogP contribution < -0.4 is 29.0 Å². The normalized spacial score (nSPS) is 18.2. The van der Waals surface area contributed by atoms with E-state index in [1.807, 2.05) is 6.92 Å². The van der Waals surface area contributed by atoms with Gasteiger partial charge in [0, 0.05) is 31.3 Å². The van der Waals surface area contributed by atoms with Crippen molar-refractivity contribution in [3.05, 3.63) is 66.2 Å². The van der Waals surface area contributed by atoms with Crippen LogP contribution in [0.3, 0.4) is 0 Å². The van der Waals surface area contributed by atoms with Crippen LogP contribution in [-0.2, 0) is 10.0 Å². The molecule has 3 amide bonds. The largest absolute Gasteiger partial charge is 0.497 e. The van der Waals surface area contributed by atoms with E-state index >= 15 is 0 Å². The van der Waals surface area contributed by atoms with E-state index in [1.165, 1.54) is 47.2 Å². The highest BCUT2D eigenvalue weighted by molar-refractivity contribution is 7.92. The van der Waals surface area contributed by atoms with Crippen LogP contribution in [0.4, 0.5) is 16.2 Å². The van der Waals surface area contributed by atoms with Crippen molar-refractivity contribution < 1.29 is 42.1 Å². The third-order valence-electron chi connectivity index (χ3n) is 7.73. The molecule has 45 heavy (non-hydrogen) atoms. The Labute approximate surface area is 261 Å². The molecule has 14 heteroatoms. The van der Waals surface area contributed by atoms with E-state index in [9.17, 15) is 23.1 Å². The van der Waals surface area contributed by atoms with Crippen molar-refractivity contribution in [2.45, 2.75) is 30.9 Å². The van der Waals surface area contributed by atoms with Crippen LogP contribution in [0.25, 0.3) is 0 Å². The van der Waals surface area contributed by atoms with Gasteiger partial charge in [0.15, 0.2) is 17.2 Å².